The predicted octanol–water partition coefficient (Wildman–Crippen LogP) is 5.78. The van der Waals surface area contributed by atoms with Gasteiger partial charge in [-0.05, 0) is 76.3 Å². The summed E-state index contributed by atoms with van der Waals surface area (Å²) in [6, 6.07) is 11.1. The molecule has 148 valence electrons. The fourth-order valence-corrected chi connectivity index (χ4v) is 3.48. The second-order valence-corrected chi connectivity index (χ2v) is 8.17. The molecule has 0 bridgehead atoms. The topological polar surface area (TPSA) is 45.5 Å². The van der Waals surface area contributed by atoms with Crippen LogP contribution >= 0.6 is 23.2 Å². The van der Waals surface area contributed by atoms with Gasteiger partial charge in [0.05, 0.1) is 6.04 Å². The average Bonchev–Trinajstić information content (AvgIpc) is 2.95. The van der Waals surface area contributed by atoms with E-state index in [1.54, 1.807) is 0 Å². The molecule has 6 heteroatoms. The van der Waals surface area contributed by atoms with Crippen molar-refractivity contribution in [1.82, 2.24) is 10.2 Å². The molecule has 0 saturated carbocycles. The molecule has 0 radical (unpaired) electrons. The molecule has 1 aromatic heterocycles. The Morgan fingerprint density at radius 3 is 2.46 bits per heavy atom. The second-order valence-electron chi connectivity index (χ2n) is 7.32. The number of carbonyl (C=O) groups excluding carboxylic acids is 1. The zero-order chi connectivity index (χ0) is 20.4. The quantitative estimate of drug-likeness (QED) is 0.551. The van der Waals surface area contributed by atoms with Crippen LogP contribution in [0, 0.1) is 13.8 Å². The third kappa shape index (κ3) is 4.52. The zero-order valence-electron chi connectivity index (χ0n) is 16.5. The van der Waals surface area contributed by atoms with E-state index >= 15 is 0 Å². The molecule has 28 heavy (non-hydrogen) atoms. The van der Waals surface area contributed by atoms with Crippen molar-refractivity contribution in [3.8, 4) is 0 Å². The number of fused-ring (bicyclic) bond motifs is 1. The van der Waals surface area contributed by atoms with Crippen LogP contribution in [0.1, 0.15) is 39.7 Å². The van der Waals surface area contributed by atoms with Gasteiger partial charge in [0.2, 0.25) is 0 Å². The van der Waals surface area contributed by atoms with Crippen LogP contribution in [0.3, 0.4) is 0 Å². The largest absolute Gasteiger partial charge is 0.451 e. The molecule has 1 heterocycles. The number of nitrogens with one attached hydrogen (secondary N) is 1. The van der Waals surface area contributed by atoms with E-state index < -0.39 is 0 Å². The summed E-state index contributed by atoms with van der Waals surface area (Å²) < 4.78 is 5.88. The van der Waals surface area contributed by atoms with Gasteiger partial charge in [-0.1, -0.05) is 35.3 Å². The van der Waals surface area contributed by atoms with Crippen molar-refractivity contribution in [3.63, 3.8) is 0 Å². The average molecular weight is 419 g/mol. The molecule has 1 atom stereocenters. The van der Waals surface area contributed by atoms with Gasteiger partial charge in [0.25, 0.3) is 5.91 Å². The molecule has 1 N–H and O–H groups in total. The minimum atomic E-state index is -0.235. The highest BCUT2D eigenvalue weighted by Gasteiger charge is 2.22. The molecule has 0 spiro atoms. The van der Waals surface area contributed by atoms with Crippen LogP contribution < -0.4 is 5.32 Å². The van der Waals surface area contributed by atoms with Crippen molar-refractivity contribution in [2.75, 3.05) is 20.6 Å². The fourth-order valence-electron chi connectivity index (χ4n) is 3.19. The molecule has 0 aliphatic heterocycles. The molecule has 0 fully saturated rings. The fraction of sp³-hybridized carbons (Fsp3) is 0.318. The minimum Gasteiger partial charge on any atom is -0.451 e. The van der Waals surface area contributed by atoms with E-state index in [1.165, 1.54) is 0 Å². The molecule has 0 aliphatic rings. The summed E-state index contributed by atoms with van der Waals surface area (Å²) in [6.07, 6.45) is 0.768. The molecule has 4 nitrogen and oxygen atoms in total. The molecule has 3 rings (SSSR count). The number of carbonyl (C=O) groups is 1. The van der Waals surface area contributed by atoms with E-state index in [2.05, 4.69) is 10.2 Å². The van der Waals surface area contributed by atoms with Gasteiger partial charge in [-0.3, -0.25) is 4.79 Å². The number of rotatable bonds is 6. The number of benzene rings is 2. The summed E-state index contributed by atoms with van der Waals surface area (Å²) in [5.41, 5.74) is 3.38. The number of amides is 1. The van der Waals surface area contributed by atoms with Crippen molar-refractivity contribution < 1.29 is 9.21 Å². The SMILES string of the molecule is Cc1cc2oc(C(=O)NC(CCN(C)C)c3ccc(Cl)cc3)c(C)c2cc1Cl. The van der Waals surface area contributed by atoms with Crippen molar-refractivity contribution in [1.29, 1.82) is 0 Å². The van der Waals surface area contributed by atoms with Crippen molar-refractivity contribution in [2.24, 2.45) is 0 Å². The number of aryl methyl sites for hydroxylation is 2. The maximum atomic E-state index is 13.0. The number of hydrogen-bond acceptors (Lipinski definition) is 3. The van der Waals surface area contributed by atoms with Gasteiger partial charge in [-0.25, -0.2) is 0 Å². The Labute approximate surface area is 175 Å². The molecule has 1 unspecified atom stereocenters. The predicted molar refractivity (Wildman–Crippen MR) is 116 cm³/mol. The van der Waals surface area contributed by atoms with Crippen LogP contribution in [-0.4, -0.2) is 31.4 Å². The monoisotopic (exact) mass is 418 g/mol. The third-order valence-electron chi connectivity index (χ3n) is 4.87. The standard InChI is InChI=1S/C22H24Cl2N2O2/c1-13-11-20-17(12-18(13)24)14(2)21(28-20)22(27)25-19(9-10-26(3)4)15-5-7-16(23)8-6-15/h5-8,11-12,19H,9-10H2,1-4H3,(H,25,27). The van der Waals surface area contributed by atoms with Gasteiger partial charge in [0.1, 0.15) is 5.58 Å². The number of hydrogen-bond donors (Lipinski definition) is 1. The molecule has 3 aromatic rings. The Balaban J connectivity index is 1.89. The van der Waals surface area contributed by atoms with Crippen molar-refractivity contribution in [2.45, 2.75) is 26.3 Å². The summed E-state index contributed by atoms with van der Waals surface area (Å²) in [7, 11) is 4.02. The molecular weight excluding hydrogens is 395 g/mol. The van der Waals surface area contributed by atoms with Crippen LogP contribution in [0.5, 0.6) is 0 Å². The Morgan fingerprint density at radius 2 is 1.82 bits per heavy atom. The van der Waals surface area contributed by atoms with Gasteiger partial charge < -0.3 is 14.6 Å². The first-order valence-corrected chi connectivity index (χ1v) is 9.92. The number of furan rings is 1. The van der Waals surface area contributed by atoms with E-state index in [-0.39, 0.29) is 11.9 Å². The van der Waals surface area contributed by atoms with Gasteiger partial charge in [-0.15, -0.1) is 0 Å². The van der Waals surface area contributed by atoms with Crippen LogP contribution in [0.25, 0.3) is 11.0 Å². The van der Waals surface area contributed by atoms with E-state index in [1.807, 2.05) is 64.3 Å². The first kappa shape index (κ1) is 20.7. The zero-order valence-corrected chi connectivity index (χ0v) is 18.0. The lowest BCUT2D eigenvalue weighted by Crippen LogP contribution is -2.31. The summed E-state index contributed by atoms with van der Waals surface area (Å²) >= 11 is 12.3. The maximum absolute atomic E-state index is 13.0. The Hall–Kier alpha value is -2.01. The van der Waals surface area contributed by atoms with E-state index in [0.29, 0.717) is 21.4 Å². The second kappa shape index (κ2) is 8.56. The summed E-state index contributed by atoms with van der Waals surface area (Å²) in [6.45, 7) is 4.63. The van der Waals surface area contributed by atoms with Crippen molar-refractivity contribution in [3.05, 3.63) is 68.9 Å². The highest BCUT2D eigenvalue weighted by molar-refractivity contribution is 6.32. The Bertz CT molecular complexity index is 994. The number of halogens is 2. The summed E-state index contributed by atoms with van der Waals surface area (Å²) in [5, 5.41) is 5.31. The Morgan fingerprint density at radius 1 is 1.14 bits per heavy atom. The number of nitrogens with zero attached hydrogens (tertiary/aromatic N) is 1. The van der Waals surface area contributed by atoms with Crippen molar-refractivity contribution >= 4 is 40.1 Å². The lowest BCUT2D eigenvalue weighted by Gasteiger charge is -2.21. The highest BCUT2D eigenvalue weighted by atomic mass is 35.5. The van der Waals surface area contributed by atoms with Crippen LogP contribution in [0.2, 0.25) is 10.0 Å². The highest BCUT2D eigenvalue weighted by Crippen LogP contribution is 2.31. The van der Waals surface area contributed by atoms with Crippen LogP contribution in [-0.2, 0) is 0 Å². The van der Waals surface area contributed by atoms with E-state index in [4.69, 9.17) is 27.6 Å². The summed E-state index contributed by atoms with van der Waals surface area (Å²) in [4.78, 5) is 15.1. The van der Waals surface area contributed by atoms with Crippen LogP contribution in [0.4, 0.5) is 0 Å². The smallest absolute Gasteiger partial charge is 0.287 e. The lowest BCUT2D eigenvalue weighted by molar-refractivity contribution is 0.0906. The molecule has 2 aromatic carbocycles. The lowest BCUT2D eigenvalue weighted by atomic mass is 10.0. The van der Waals surface area contributed by atoms with E-state index in [0.717, 1.165) is 35.0 Å². The van der Waals surface area contributed by atoms with Crippen LogP contribution in [0.15, 0.2) is 40.8 Å². The first-order valence-electron chi connectivity index (χ1n) is 9.16. The van der Waals surface area contributed by atoms with Gasteiger partial charge in [0, 0.05) is 21.0 Å². The first-order chi connectivity index (χ1) is 13.3. The third-order valence-corrected chi connectivity index (χ3v) is 5.53. The Kier molecular flexibility index (Phi) is 6.33. The molecule has 0 saturated heterocycles. The van der Waals surface area contributed by atoms with Gasteiger partial charge >= 0.3 is 0 Å². The van der Waals surface area contributed by atoms with Gasteiger partial charge in [0.15, 0.2) is 5.76 Å². The molecule has 0 aliphatic carbocycles. The summed E-state index contributed by atoms with van der Waals surface area (Å²) in [5.74, 6) is 0.0849. The molecular formula is C22H24Cl2N2O2. The van der Waals surface area contributed by atoms with E-state index in [9.17, 15) is 4.79 Å². The normalized spacial score (nSPS) is 12.5. The minimum absolute atomic E-state index is 0.148. The molecule has 1 amide bonds. The maximum Gasteiger partial charge on any atom is 0.287 e. The van der Waals surface area contributed by atoms with Gasteiger partial charge in [-0.2, -0.15) is 0 Å².